The van der Waals surface area contributed by atoms with E-state index in [1.54, 1.807) is 31.3 Å². The Morgan fingerprint density at radius 2 is 1.93 bits per heavy atom. The van der Waals surface area contributed by atoms with Crippen LogP contribution in [0.1, 0.15) is 16.7 Å². The normalized spacial score (nSPS) is 17.7. The van der Waals surface area contributed by atoms with Gasteiger partial charge in [-0.3, -0.25) is 9.48 Å². The van der Waals surface area contributed by atoms with Gasteiger partial charge in [-0.25, -0.2) is 0 Å². The summed E-state index contributed by atoms with van der Waals surface area (Å²) in [4.78, 5) is 11.6. The Labute approximate surface area is 164 Å². The molecule has 29 heavy (non-hydrogen) atoms. The van der Waals surface area contributed by atoms with Gasteiger partial charge < -0.3 is 10.4 Å². The molecule has 0 spiro atoms. The van der Waals surface area contributed by atoms with E-state index in [4.69, 9.17) is 0 Å². The van der Waals surface area contributed by atoms with Crippen molar-refractivity contribution in [2.75, 3.05) is 7.05 Å². The second-order valence-electron chi connectivity index (χ2n) is 7.09. The van der Waals surface area contributed by atoms with Crippen LogP contribution in [0.25, 0.3) is 22.3 Å². The summed E-state index contributed by atoms with van der Waals surface area (Å²) >= 11 is 0. The van der Waals surface area contributed by atoms with Crippen LogP contribution in [0, 0.1) is 6.92 Å². The smallest absolute Gasteiger partial charge is 0.372 e. The van der Waals surface area contributed by atoms with Crippen LogP contribution in [0.2, 0.25) is 0 Å². The number of aromatic nitrogens is 2. The minimum Gasteiger partial charge on any atom is -0.372 e. The molecular formula is C21H18F3N3O2. The van der Waals surface area contributed by atoms with Gasteiger partial charge in [0.1, 0.15) is 6.54 Å². The number of likely N-dealkylation sites (N-methyl/N-ethyl adjacent to an activating group) is 1. The van der Waals surface area contributed by atoms with E-state index < -0.39 is 11.8 Å². The van der Waals surface area contributed by atoms with Crippen LogP contribution < -0.4 is 5.32 Å². The molecule has 1 aliphatic rings. The fourth-order valence-electron chi connectivity index (χ4n) is 3.87. The molecular weight excluding hydrogens is 383 g/mol. The molecule has 1 heterocycles. The number of hydrogen-bond acceptors (Lipinski definition) is 3. The highest BCUT2D eigenvalue weighted by Gasteiger charge is 2.61. The Kier molecular flexibility index (Phi) is 4.27. The Bertz CT molecular complexity index is 1120. The van der Waals surface area contributed by atoms with Gasteiger partial charge in [-0.1, -0.05) is 42.0 Å². The first-order chi connectivity index (χ1) is 13.7. The number of amides is 1. The summed E-state index contributed by atoms with van der Waals surface area (Å²) in [6.07, 6.45) is -1.77. The van der Waals surface area contributed by atoms with Gasteiger partial charge in [0.15, 0.2) is 0 Å². The molecule has 150 valence electrons. The standard InChI is InChI=1S/C21H18F3N3O2/c1-12-7-15(13-9-26-27(10-13)11-18(28)25-2)19-14-5-3-4-6-16(14)20(29,17(19)8-12)21(22,23)24/h3-10,29H,11H2,1-2H3,(H,25,28)/t20-/m1/s1. The summed E-state index contributed by atoms with van der Waals surface area (Å²) in [5.74, 6) is -0.245. The Morgan fingerprint density at radius 1 is 1.21 bits per heavy atom. The summed E-state index contributed by atoms with van der Waals surface area (Å²) < 4.78 is 43.5. The summed E-state index contributed by atoms with van der Waals surface area (Å²) in [7, 11) is 1.51. The van der Waals surface area contributed by atoms with Gasteiger partial charge >= 0.3 is 6.18 Å². The first-order valence-electron chi connectivity index (χ1n) is 8.94. The predicted octanol–water partition coefficient (Wildman–Crippen LogP) is 3.38. The van der Waals surface area contributed by atoms with Crippen molar-refractivity contribution in [3.05, 3.63) is 65.5 Å². The van der Waals surface area contributed by atoms with Crippen molar-refractivity contribution in [2.45, 2.75) is 25.2 Å². The second kappa shape index (κ2) is 6.45. The number of carbonyl (C=O) groups is 1. The lowest BCUT2D eigenvalue weighted by Gasteiger charge is -2.28. The SMILES string of the molecule is CNC(=O)Cn1cc(-c2cc(C)cc3c2-c2ccccc2[C@]3(O)C(F)(F)F)cn1. The van der Waals surface area contributed by atoms with Gasteiger partial charge in [0, 0.05) is 29.9 Å². The highest BCUT2D eigenvalue weighted by Crippen LogP contribution is 2.57. The van der Waals surface area contributed by atoms with Crippen molar-refractivity contribution in [1.82, 2.24) is 15.1 Å². The van der Waals surface area contributed by atoms with E-state index in [0.717, 1.165) is 0 Å². The number of aryl methyl sites for hydroxylation is 1. The third-order valence-electron chi connectivity index (χ3n) is 5.20. The number of alkyl halides is 3. The van der Waals surface area contributed by atoms with Crippen LogP contribution in [-0.2, 0) is 16.9 Å². The Morgan fingerprint density at radius 3 is 2.62 bits per heavy atom. The molecule has 0 aliphatic heterocycles. The third-order valence-corrected chi connectivity index (χ3v) is 5.20. The van der Waals surface area contributed by atoms with Gasteiger partial charge in [0.25, 0.3) is 0 Å². The van der Waals surface area contributed by atoms with E-state index >= 15 is 0 Å². The molecule has 1 aromatic heterocycles. The van der Waals surface area contributed by atoms with Crippen molar-refractivity contribution in [3.8, 4) is 22.3 Å². The highest BCUT2D eigenvalue weighted by atomic mass is 19.4. The number of rotatable bonds is 3. The van der Waals surface area contributed by atoms with Gasteiger partial charge in [-0.2, -0.15) is 18.3 Å². The van der Waals surface area contributed by atoms with Gasteiger partial charge in [-0.15, -0.1) is 0 Å². The zero-order chi connectivity index (χ0) is 21.0. The molecule has 4 rings (SSSR count). The lowest BCUT2D eigenvalue weighted by Crippen LogP contribution is -2.41. The molecule has 0 fully saturated rings. The number of carbonyl (C=O) groups excluding carboxylic acids is 1. The van der Waals surface area contributed by atoms with E-state index in [1.165, 1.54) is 36.1 Å². The number of nitrogens with zero attached hydrogens (tertiary/aromatic N) is 2. The molecule has 0 unspecified atom stereocenters. The zero-order valence-electron chi connectivity index (χ0n) is 15.7. The van der Waals surface area contributed by atoms with Crippen LogP contribution >= 0.6 is 0 Å². The molecule has 0 saturated heterocycles. The van der Waals surface area contributed by atoms with E-state index in [9.17, 15) is 23.1 Å². The molecule has 1 amide bonds. The largest absolute Gasteiger partial charge is 0.425 e. The number of aliphatic hydroxyl groups is 1. The Balaban J connectivity index is 1.96. The topological polar surface area (TPSA) is 67.2 Å². The van der Waals surface area contributed by atoms with E-state index in [1.807, 2.05) is 0 Å². The summed E-state index contributed by atoms with van der Waals surface area (Å²) in [5, 5.41) is 17.5. The maximum absolute atomic E-state index is 14.0. The van der Waals surface area contributed by atoms with Crippen molar-refractivity contribution in [1.29, 1.82) is 0 Å². The monoisotopic (exact) mass is 401 g/mol. The van der Waals surface area contributed by atoms with Crippen molar-refractivity contribution in [3.63, 3.8) is 0 Å². The Hall–Kier alpha value is -3.13. The molecule has 2 N–H and O–H groups in total. The molecule has 0 bridgehead atoms. The first-order valence-corrected chi connectivity index (χ1v) is 8.94. The van der Waals surface area contributed by atoms with Crippen LogP contribution in [-0.4, -0.2) is 34.0 Å². The van der Waals surface area contributed by atoms with Crippen molar-refractivity contribution in [2.24, 2.45) is 0 Å². The quantitative estimate of drug-likeness (QED) is 0.707. The van der Waals surface area contributed by atoms with Crippen molar-refractivity contribution >= 4 is 5.91 Å². The molecule has 1 atom stereocenters. The number of benzene rings is 2. The minimum absolute atomic E-state index is 0.00637. The molecule has 1 aliphatic carbocycles. The lowest BCUT2D eigenvalue weighted by atomic mass is 9.88. The maximum atomic E-state index is 14.0. The van der Waals surface area contributed by atoms with Gasteiger partial charge in [0.05, 0.1) is 6.20 Å². The molecule has 0 radical (unpaired) electrons. The zero-order valence-corrected chi connectivity index (χ0v) is 15.7. The average molecular weight is 401 g/mol. The average Bonchev–Trinajstić information content (AvgIpc) is 3.23. The number of halogens is 3. The highest BCUT2D eigenvalue weighted by molar-refractivity contribution is 5.92. The predicted molar refractivity (Wildman–Crippen MR) is 101 cm³/mol. The molecule has 3 aromatic rings. The van der Waals surface area contributed by atoms with Gasteiger partial charge in [0.2, 0.25) is 11.5 Å². The van der Waals surface area contributed by atoms with Crippen LogP contribution in [0.15, 0.2) is 48.8 Å². The molecule has 0 saturated carbocycles. The summed E-state index contributed by atoms with van der Waals surface area (Å²) in [6.45, 7) is 1.67. The fraction of sp³-hybridized carbons (Fsp3) is 0.238. The number of fused-ring (bicyclic) bond motifs is 3. The van der Waals surface area contributed by atoms with Crippen LogP contribution in [0.4, 0.5) is 13.2 Å². The third kappa shape index (κ3) is 2.82. The maximum Gasteiger partial charge on any atom is 0.425 e. The van der Waals surface area contributed by atoms with Crippen molar-refractivity contribution < 1.29 is 23.1 Å². The summed E-state index contributed by atoms with van der Waals surface area (Å²) in [5.41, 5.74) is -1.15. The molecule has 5 nitrogen and oxygen atoms in total. The van der Waals surface area contributed by atoms with E-state index in [2.05, 4.69) is 10.4 Å². The lowest BCUT2D eigenvalue weighted by molar-refractivity contribution is -0.246. The van der Waals surface area contributed by atoms with E-state index in [-0.39, 0.29) is 23.6 Å². The van der Waals surface area contributed by atoms with Gasteiger partial charge in [-0.05, 0) is 23.6 Å². The number of nitrogens with one attached hydrogen (secondary N) is 1. The molecule has 2 aromatic carbocycles. The molecule has 8 heteroatoms. The van der Waals surface area contributed by atoms with Crippen LogP contribution in [0.5, 0.6) is 0 Å². The number of hydrogen-bond donors (Lipinski definition) is 2. The second-order valence-corrected chi connectivity index (χ2v) is 7.09. The van der Waals surface area contributed by atoms with E-state index in [0.29, 0.717) is 27.8 Å². The summed E-state index contributed by atoms with van der Waals surface area (Å²) in [6, 6.07) is 9.14. The van der Waals surface area contributed by atoms with Crippen LogP contribution in [0.3, 0.4) is 0 Å². The fourth-order valence-corrected chi connectivity index (χ4v) is 3.87. The minimum atomic E-state index is -4.89. The first kappa shape index (κ1) is 19.2.